The standard InChI is InChI=1S/C19H21ClFN3O3/c20-16-8-7-15(11-17(16)21)27-13-19(26)23-10-4-2-6-18(25)24-12-14-5-1-3-9-22-14/h1,3,5,7-9,11H,2,4,6,10,12-13H2,(H,23,26)(H,24,25). The second-order valence-electron chi connectivity index (χ2n) is 5.77. The molecule has 1 aromatic heterocycles. The fraction of sp³-hybridized carbons (Fsp3) is 0.316. The molecule has 0 atom stereocenters. The van der Waals surface area contributed by atoms with Crippen molar-refractivity contribution in [3.05, 3.63) is 59.1 Å². The molecular formula is C19H21ClFN3O3. The summed E-state index contributed by atoms with van der Waals surface area (Å²) in [5.74, 6) is -0.738. The Labute approximate surface area is 162 Å². The van der Waals surface area contributed by atoms with Crippen molar-refractivity contribution >= 4 is 23.4 Å². The lowest BCUT2D eigenvalue weighted by molar-refractivity contribution is -0.123. The maximum absolute atomic E-state index is 13.3. The third kappa shape index (κ3) is 8.04. The van der Waals surface area contributed by atoms with Crippen LogP contribution in [-0.2, 0) is 16.1 Å². The van der Waals surface area contributed by atoms with Gasteiger partial charge in [0, 0.05) is 25.2 Å². The van der Waals surface area contributed by atoms with E-state index in [4.69, 9.17) is 16.3 Å². The molecule has 1 heterocycles. The van der Waals surface area contributed by atoms with Crippen LogP contribution in [0.1, 0.15) is 25.0 Å². The summed E-state index contributed by atoms with van der Waals surface area (Å²) in [7, 11) is 0. The largest absolute Gasteiger partial charge is 0.484 e. The second-order valence-corrected chi connectivity index (χ2v) is 6.18. The number of benzene rings is 1. The number of rotatable bonds is 10. The molecule has 6 nitrogen and oxygen atoms in total. The van der Waals surface area contributed by atoms with Crippen molar-refractivity contribution in [2.45, 2.75) is 25.8 Å². The van der Waals surface area contributed by atoms with E-state index >= 15 is 0 Å². The van der Waals surface area contributed by atoms with Gasteiger partial charge in [-0.05, 0) is 37.1 Å². The van der Waals surface area contributed by atoms with Crippen LogP contribution in [0.3, 0.4) is 0 Å². The molecule has 1 aromatic carbocycles. The highest BCUT2D eigenvalue weighted by molar-refractivity contribution is 6.30. The maximum Gasteiger partial charge on any atom is 0.257 e. The minimum absolute atomic E-state index is 0.00382. The Kier molecular flexibility index (Phi) is 8.51. The number of carbonyl (C=O) groups is 2. The van der Waals surface area contributed by atoms with Crippen LogP contribution in [0.4, 0.5) is 4.39 Å². The molecule has 0 unspecified atom stereocenters. The van der Waals surface area contributed by atoms with Crippen molar-refractivity contribution in [2.75, 3.05) is 13.2 Å². The number of halogens is 2. The lowest BCUT2D eigenvalue weighted by atomic mass is 10.2. The number of aromatic nitrogens is 1. The van der Waals surface area contributed by atoms with Gasteiger partial charge in [-0.3, -0.25) is 14.6 Å². The van der Waals surface area contributed by atoms with E-state index in [9.17, 15) is 14.0 Å². The molecule has 0 saturated carbocycles. The van der Waals surface area contributed by atoms with Crippen LogP contribution >= 0.6 is 11.6 Å². The molecule has 2 amide bonds. The lowest BCUT2D eigenvalue weighted by Gasteiger charge is -2.08. The number of nitrogens with one attached hydrogen (secondary N) is 2. The molecule has 8 heteroatoms. The monoisotopic (exact) mass is 393 g/mol. The van der Waals surface area contributed by atoms with Crippen LogP contribution in [0.15, 0.2) is 42.6 Å². The summed E-state index contributed by atoms with van der Waals surface area (Å²) in [5, 5.41) is 5.48. The Morgan fingerprint density at radius 3 is 2.70 bits per heavy atom. The first-order valence-corrected chi connectivity index (χ1v) is 8.93. The average Bonchev–Trinajstić information content (AvgIpc) is 2.68. The van der Waals surface area contributed by atoms with Crippen LogP contribution in [0.25, 0.3) is 0 Å². The zero-order chi connectivity index (χ0) is 19.5. The van der Waals surface area contributed by atoms with Crippen molar-refractivity contribution < 1.29 is 18.7 Å². The predicted molar refractivity (Wildman–Crippen MR) is 99.8 cm³/mol. The highest BCUT2D eigenvalue weighted by Gasteiger charge is 2.06. The maximum atomic E-state index is 13.3. The highest BCUT2D eigenvalue weighted by Crippen LogP contribution is 2.20. The Morgan fingerprint density at radius 2 is 1.96 bits per heavy atom. The Bertz CT molecular complexity index is 759. The highest BCUT2D eigenvalue weighted by atomic mass is 35.5. The fourth-order valence-electron chi connectivity index (χ4n) is 2.19. The molecule has 2 N–H and O–H groups in total. The minimum Gasteiger partial charge on any atom is -0.484 e. The number of amides is 2. The number of hydrogen-bond donors (Lipinski definition) is 2. The van der Waals surface area contributed by atoms with Crippen LogP contribution in [0, 0.1) is 5.82 Å². The summed E-state index contributed by atoms with van der Waals surface area (Å²) >= 11 is 5.57. The summed E-state index contributed by atoms with van der Waals surface area (Å²) in [6.07, 6.45) is 3.37. The first-order chi connectivity index (χ1) is 13.0. The summed E-state index contributed by atoms with van der Waals surface area (Å²) in [6, 6.07) is 9.50. The van der Waals surface area contributed by atoms with Gasteiger partial charge in [-0.1, -0.05) is 17.7 Å². The number of ether oxygens (including phenoxy) is 1. The molecule has 27 heavy (non-hydrogen) atoms. The number of nitrogens with zero attached hydrogens (tertiary/aromatic N) is 1. The molecule has 0 bridgehead atoms. The first-order valence-electron chi connectivity index (χ1n) is 8.56. The molecule has 2 rings (SSSR count). The van der Waals surface area contributed by atoms with Crippen molar-refractivity contribution in [2.24, 2.45) is 0 Å². The van der Waals surface area contributed by atoms with Crippen LogP contribution in [0.2, 0.25) is 5.02 Å². The van der Waals surface area contributed by atoms with E-state index in [1.807, 2.05) is 18.2 Å². The number of unbranched alkanes of at least 4 members (excludes halogenated alkanes) is 1. The van der Waals surface area contributed by atoms with Gasteiger partial charge < -0.3 is 15.4 Å². The van der Waals surface area contributed by atoms with Gasteiger partial charge in [-0.15, -0.1) is 0 Å². The van der Waals surface area contributed by atoms with Gasteiger partial charge in [0.1, 0.15) is 11.6 Å². The van der Waals surface area contributed by atoms with Gasteiger partial charge in [0.05, 0.1) is 17.3 Å². The molecule has 0 fully saturated rings. The second kappa shape index (κ2) is 11.1. The molecule has 0 spiro atoms. The summed E-state index contributed by atoms with van der Waals surface area (Å²) in [5.41, 5.74) is 0.804. The summed E-state index contributed by atoms with van der Waals surface area (Å²) in [6.45, 7) is 0.620. The number of carbonyl (C=O) groups excluding carboxylic acids is 2. The normalized spacial score (nSPS) is 10.3. The van der Waals surface area contributed by atoms with Crippen LogP contribution < -0.4 is 15.4 Å². The number of pyridine rings is 1. The molecule has 0 aliphatic carbocycles. The predicted octanol–water partition coefficient (Wildman–Crippen LogP) is 2.86. The Balaban J connectivity index is 1.52. The van der Waals surface area contributed by atoms with Gasteiger partial charge in [0.15, 0.2) is 6.61 Å². The van der Waals surface area contributed by atoms with Gasteiger partial charge >= 0.3 is 0 Å². The van der Waals surface area contributed by atoms with Gasteiger partial charge in [-0.2, -0.15) is 0 Å². The zero-order valence-electron chi connectivity index (χ0n) is 14.7. The lowest BCUT2D eigenvalue weighted by Crippen LogP contribution is -2.30. The molecule has 0 saturated heterocycles. The topological polar surface area (TPSA) is 80.3 Å². The third-order valence-electron chi connectivity index (χ3n) is 3.61. The third-order valence-corrected chi connectivity index (χ3v) is 3.91. The smallest absolute Gasteiger partial charge is 0.257 e. The first kappa shape index (κ1) is 20.6. The van der Waals surface area contributed by atoms with Crippen LogP contribution in [-0.4, -0.2) is 29.9 Å². The van der Waals surface area contributed by atoms with Gasteiger partial charge in [0.2, 0.25) is 5.91 Å². The molecule has 144 valence electrons. The van der Waals surface area contributed by atoms with E-state index in [0.717, 1.165) is 11.8 Å². The van der Waals surface area contributed by atoms with Crippen molar-refractivity contribution in [3.8, 4) is 5.75 Å². The molecule has 0 aliphatic heterocycles. The van der Waals surface area contributed by atoms with Crippen molar-refractivity contribution in [1.82, 2.24) is 15.6 Å². The SMILES string of the molecule is O=C(CCCCNC(=O)COc1ccc(Cl)c(F)c1)NCc1ccccn1. The fourth-order valence-corrected chi connectivity index (χ4v) is 2.30. The molecule has 0 aliphatic rings. The van der Waals surface area contributed by atoms with E-state index in [-0.39, 0.29) is 29.2 Å². The summed E-state index contributed by atoms with van der Waals surface area (Å²) in [4.78, 5) is 27.5. The minimum atomic E-state index is -0.601. The molecule has 2 aromatic rings. The average molecular weight is 394 g/mol. The van der Waals surface area contributed by atoms with Crippen molar-refractivity contribution in [3.63, 3.8) is 0 Å². The van der Waals surface area contributed by atoms with Gasteiger partial charge in [0.25, 0.3) is 5.91 Å². The van der Waals surface area contributed by atoms with E-state index in [0.29, 0.717) is 32.4 Å². The Morgan fingerprint density at radius 1 is 1.11 bits per heavy atom. The quantitative estimate of drug-likeness (QED) is 0.608. The molecular weight excluding hydrogens is 373 g/mol. The molecule has 0 radical (unpaired) electrons. The van der Waals surface area contributed by atoms with E-state index in [2.05, 4.69) is 15.6 Å². The Hall–Kier alpha value is -2.67. The van der Waals surface area contributed by atoms with E-state index in [1.165, 1.54) is 12.1 Å². The van der Waals surface area contributed by atoms with E-state index in [1.54, 1.807) is 6.20 Å². The van der Waals surface area contributed by atoms with Gasteiger partial charge in [-0.25, -0.2) is 4.39 Å². The van der Waals surface area contributed by atoms with E-state index < -0.39 is 5.82 Å². The van der Waals surface area contributed by atoms with Crippen molar-refractivity contribution in [1.29, 1.82) is 0 Å². The summed E-state index contributed by atoms with van der Waals surface area (Å²) < 4.78 is 18.5. The zero-order valence-corrected chi connectivity index (χ0v) is 15.5. The van der Waals surface area contributed by atoms with Crippen LogP contribution in [0.5, 0.6) is 5.75 Å². The number of hydrogen-bond acceptors (Lipinski definition) is 4.